The third-order valence-electron chi connectivity index (χ3n) is 7.18. The van der Waals surface area contributed by atoms with Crippen molar-refractivity contribution in [1.82, 2.24) is 5.32 Å². The van der Waals surface area contributed by atoms with Gasteiger partial charge in [-0.1, -0.05) is 19.1 Å². The summed E-state index contributed by atoms with van der Waals surface area (Å²) in [5.74, 6) is 0.687. The highest BCUT2D eigenvalue weighted by atomic mass is 16.5. The Morgan fingerprint density at radius 1 is 1.12 bits per heavy atom. The molecule has 0 aromatic heterocycles. The van der Waals surface area contributed by atoms with Crippen molar-refractivity contribution in [3.8, 4) is 0 Å². The van der Waals surface area contributed by atoms with Crippen molar-refractivity contribution in [3.63, 3.8) is 0 Å². The summed E-state index contributed by atoms with van der Waals surface area (Å²) >= 11 is 0. The Balaban J connectivity index is 1.69. The van der Waals surface area contributed by atoms with Crippen molar-refractivity contribution in [3.05, 3.63) is 59.2 Å². The summed E-state index contributed by atoms with van der Waals surface area (Å²) < 4.78 is 5.57. The lowest BCUT2D eigenvalue weighted by atomic mass is 9.80. The standard InChI is InChI=1S/C26H35N3O3/c1-16-17(2)29(18(3)30)24-10-7-21(19-11-13-32-14-12-19)15-23(24)25(16)28-22-8-5-20(6-9-22)26(31)27-4/h5-10,15-19,25,28,30H,11-14H2,1-4H3,(H,27,31)/t16-,17-,18?,25?/m0/s1. The van der Waals surface area contributed by atoms with E-state index in [1.165, 1.54) is 11.1 Å². The smallest absolute Gasteiger partial charge is 0.251 e. The number of ether oxygens (including phenoxy) is 1. The fraction of sp³-hybridized carbons (Fsp3) is 0.500. The number of benzene rings is 2. The molecule has 6 heteroatoms. The zero-order chi connectivity index (χ0) is 22.8. The topological polar surface area (TPSA) is 73.8 Å². The lowest BCUT2D eigenvalue weighted by Crippen LogP contribution is -2.50. The van der Waals surface area contributed by atoms with E-state index in [0.717, 1.165) is 37.4 Å². The number of nitrogens with zero attached hydrogens (tertiary/aromatic N) is 1. The fourth-order valence-corrected chi connectivity index (χ4v) is 5.17. The fourth-order valence-electron chi connectivity index (χ4n) is 5.17. The molecule has 2 unspecified atom stereocenters. The Bertz CT molecular complexity index is 938. The molecule has 4 rings (SSSR count). The molecule has 2 aromatic carbocycles. The molecule has 2 aromatic rings. The molecule has 172 valence electrons. The number of carbonyl (C=O) groups is 1. The molecule has 32 heavy (non-hydrogen) atoms. The lowest BCUT2D eigenvalue weighted by molar-refractivity contribution is 0.0853. The van der Waals surface area contributed by atoms with Crippen LogP contribution in [-0.2, 0) is 4.74 Å². The van der Waals surface area contributed by atoms with Crippen LogP contribution in [0.1, 0.15) is 67.1 Å². The van der Waals surface area contributed by atoms with Gasteiger partial charge in [0, 0.05) is 49.2 Å². The van der Waals surface area contributed by atoms with Gasteiger partial charge in [0.1, 0.15) is 6.23 Å². The van der Waals surface area contributed by atoms with Gasteiger partial charge in [0.05, 0.1) is 6.04 Å². The van der Waals surface area contributed by atoms with Gasteiger partial charge >= 0.3 is 0 Å². The van der Waals surface area contributed by atoms with E-state index < -0.39 is 6.23 Å². The Kier molecular flexibility index (Phi) is 6.72. The summed E-state index contributed by atoms with van der Waals surface area (Å²) in [6.07, 6.45) is 1.53. The molecule has 1 fully saturated rings. The minimum atomic E-state index is -0.562. The van der Waals surface area contributed by atoms with Crippen LogP contribution in [0, 0.1) is 5.92 Å². The summed E-state index contributed by atoms with van der Waals surface area (Å²) in [7, 11) is 1.64. The van der Waals surface area contributed by atoms with Crippen molar-refractivity contribution >= 4 is 17.3 Å². The molecule has 0 spiro atoms. The average molecular weight is 438 g/mol. The van der Waals surface area contributed by atoms with Gasteiger partial charge in [0.15, 0.2) is 0 Å². The number of nitrogens with one attached hydrogen (secondary N) is 2. The maximum absolute atomic E-state index is 11.9. The lowest BCUT2D eigenvalue weighted by Gasteiger charge is -2.47. The van der Waals surface area contributed by atoms with Gasteiger partial charge in [-0.25, -0.2) is 0 Å². The van der Waals surface area contributed by atoms with Gasteiger partial charge in [-0.3, -0.25) is 4.79 Å². The SMILES string of the molecule is CNC(=O)c1ccc(NC2c3cc(C4CCOCC4)ccc3N(C(C)O)[C@@H](C)[C@@H]2C)cc1. The molecular weight excluding hydrogens is 402 g/mol. The van der Waals surface area contributed by atoms with Gasteiger partial charge in [-0.2, -0.15) is 0 Å². The molecule has 1 saturated heterocycles. The zero-order valence-corrected chi connectivity index (χ0v) is 19.5. The third-order valence-corrected chi connectivity index (χ3v) is 7.18. The van der Waals surface area contributed by atoms with E-state index in [-0.39, 0.29) is 23.9 Å². The minimum absolute atomic E-state index is 0.0877. The highest BCUT2D eigenvalue weighted by molar-refractivity contribution is 5.94. The van der Waals surface area contributed by atoms with Crippen LogP contribution in [0.25, 0.3) is 0 Å². The molecule has 3 N–H and O–H groups in total. The van der Waals surface area contributed by atoms with E-state index in [1.807, 2.05) is 31.2 Å². The van der Waals surface area contributed by atoms with Crippen LogP contribution in [0.2, 0.25) is 0 Å². The van der Waals surface area contributed by atoms with E-state index in [4.69, 9.17) is 4.74 Å². The van der Waals surface area contributed by atoms with Crippen LogP contribution in [-0.4, -0.2) is 43.5 Å². The number of amides is 1. The zero-order valence-electron chi connectivity index (χ0n) is 19.5. The van der Waals surface area contributed by atoms with E-state index in [0.29, 0.717) is 11.5 Å². The molecule has 0 radical (unpaired) electrons. The van der Waals surface area contributed by atoms with E-state index in [9.17, 15) is 9.90 Å². The van der Waals surface area contributed by atoms with Crippen molar-refractivity contribution < 1.29 is 14.6 Å². The Hall–Kier alpha value is -2.57. The summed E-state index contributed by atoms with van der Waals surface area (Å²) in [5, 5.41) is 17.0. The highest BCUT2D eigenvalue weighted by Crippen LogP contribution is 2.44. The Morgan fingerprint density at radius 2 is 1.81 bits per heavy atom. The van der Waals surface area contributed by atoms with E-state index >= 15 is 0 Å². The van der Waals surface area contributed by atoms with Crippen LogP contribution >= 0.6 is 0 Å². The quantitative estimate of drug-likeness (QED) is 0.651. The molecule has 0 bridgehead atoms. The number of rotatable bonds is 5. The number of hydrogen-bond donors (Lipinski definition) is 3. The average Bonchev–Trinajstić information content (AvgIpc) is 2.82. The van der Waals surface area contributed by atoms with Crippen LogP contribution in [0.15, 0.2) is 42.5 Å². The molecule has 2 heterocycles. The van der Waals surface area contributed by atoms with Crippen LogP contribution in [0.3, 0.4) is 0 Å². The second-order valence-electron chi connectivity index (χ2n) is 9.12. The maximum atomic E-state index is 11.9. The first-order valence-corrected chi connectivity index (χ1v) is 11.7. The molecule has 4 atom stereocenters. The Labute approximate surface area is 191 Å². The Morgan fingerprint density at radius 3 is 2.44 bits per heavy atom. The molecular formula is C26H35N3O3. The minimum Gasteiger partial charge on any atom is -0.381 e. The maximum Gasteiger partial charge on any atom is 0.251 e. The van der Waals surface area contributed by atoms with Crippen LogP contribution in [0.5, 0.6) is 0 Å². The van der Waals surface area contributed by atoms with Crippen molar-refractivity contribution in [2.75, 3.05) is 30.5 Å². The number of anilines is 2. The van der Waals surface area contributed by atoms with Crippen molar-refractivity contribution in [2.45, 2.75) is 57.8 Å². The van der Waals surface area contributed by atoms with Gasteiger partial charge in [0.2, 0.25) is 0 Å². The first-order valence-electron chi connectivity index (χ1n) is 11.7. The number of aliphatic hydroxyl groups excluding tert-OH is 1. The first kappa shape index (κ1) is 22.6. The molecule has 0 saturated carbocycles. The number of aliphatic hydroxyl groups is 1. The van der Waals surface area contributed by atoms with Gasteiger partial charge in [-0.05, 0) is 74.1 Å². The first-order chi connectivity index (χ1) is 15.4. The number of carbonyl (C=O) groups excluding carboxylic acids is 1. The molecule has 2 aliphatic heterocycles. The van der Waals surface area contributed by atoms with E-state index in [2.05, 4.69) is 47.6 Å². The molecule has 0 aliphatic carbocycles. The normalized spacial score (nSPS) is 24.5. The summed E-state index contributed by atoms with van der Waals surface area (Å²) in [5.41, 5.74) is 5.28. The predicted octanol–water partition coefficient (Wildman–Crippen LogP) is 4.28. The second kappa shape index (κ2) is 9.51. The summed E-state index contributed by atoms with van der Waals surface area (Å²) in [6, 6.07) is 14.6. The van der Waals surface area contributed by atoms with Crippen molar-refractivity contribution in [2.24, 2.45) is 5.92 Å². The largest absolute Gasteiger partial charge is 0.381 e. The van der Waals surface area contributed by atoms with Crippen molar-refractivity contribution in [1.29, 1.82) is 0 Å². The van der Waals surface area contributed by atoms with Gasteiger partial charge in [-0.15, -0.1) is 0 Å². The molecule has 6 nitrogen and oxygen atoms in total. The van der Waals surface area contributed by atoms with E-state index in [1.54, 1.807) is 7.05 Å². The van der Waals surface area contributed by atoms with Crippen LogP contribution in [0.4, 0.5) is 11.4 Å². The van der Waals surface area contributed by atoms with Gasteiger partial charge < -0.3 is 25.4 Å². The molecule has 2 aliphatic rings. The highest BCUT2D eigenvalue weighted by Gasteiger charge is 2.38. The third kappa shape index (κ3) is 4.34. The number of hydrogen-bond acceptors (Lipinski definition) is 5. The monoisotopic (exact) mass is 437 g/mol. The summed E-state index contributed by atoms with van der Waals surface area (Å²) in [6.45, 7) is 7.88. The number of fused-ring (bicyclic) bond motifs is 1. The summed E-state index contributed by atoms with van der Waals surface area (Å²) in [4.78, 5) is 14.0. The van der Waals surface area contributed by atoms with Crippen LogP contribution < -0.4 is 15.5 Å². The predicted molar refractivity (Wildman–Crippen MR) is 128 cm³/mol. The van der Waals surface area contributed by atoms with Gasteiger partial charge in [0.25, 0.3) is 5.91 Å². The second-order valence-corrected chi connectivity index (χ2v) is 9.12. The molecule has 1 amide bonds.